The first-order chi connectivity index (χ1) is 12.4. The van der Waals surface area contributed by atoms with Crippen molar-refractivity contribution in [2.45, 2.75) is 51.5 Å². The van der Waals surface area contributed by atoms with Gasteiger partial charge in [0, 0.05) is 16.9 Å². The zero-order chi connectivity index (χ0) is 18.5. The Morgan fingerprint density at radius 1 is 1.23 bits per heavy atom. The van der Waals surface area contributed by atoms with Crippen LogP contribution in [0.1, 0.15) is 51.6 Å². The van der Waals surface area contributed by atoms with Gasteiger partial charge < -0.3 is 9.72 Å². The van der Waals surface area contributed by atoms with Crippen molar-refractivity contribution in [3.05, 3.63) is 46.4 Å². The van der Waals surface area contributed by atoms with Crippen molar-refractivity contribution < 1.29 is 4.74 Å². The molecule has 0 bridgehead atoms. The molecule has 0 aliphatic heterocycles. The molecule has 3 aromatic rings. The van der Waals surface area contributed by atoms with Crippen LogP contribution in [0.5, 0.6) is 5.75 Å². The number of ether oxygens (including phenoxy) is 1. The first kappa shape index (κ1) is 16.9. The normalized spacial score (nSPS) is 15.2. The zero-order valence-corrected chi connectivity index (χ0v) is 15.8. The van der Waals surface area contributed by atoms with Crippen LogP contribution in [0.3, 0.4) is 0 Å². The van der Waals surface area contributed by atoms with Crippen LogP contribution < -0.4 is 10.3 Å². The molecule has 1 aromatic carbocycles. The molecule has 0 radical (unpaired) electrons. The fraction of sp³-hybridized carbons (Fsp3) is 0.429. The predicted octanol–water partition coefficient (Wildman–Crippen LogP) is 4.42. The lowest BCUT2D eigenvalue weighted by Crippen LogP contribution is -2.25. The van der Waals surface area contributed by atoms with Gasteiger partial charge in [-0.3, -0.25) is 4.79 Å². The lowest BCUT2D eigenvalue weighted by Gasteiger charge is -2.24. The summed E-state index contributed by atoms with van der Waals surface area (Å²) in [6, 6.07) is 9.63. The van der Waals surface area contributed by atoms with Crippen LogP contribution in [-0.4, -0.2) is 21.9 Å². The van der Waals surface area contributed by atoms with E-state index in [9.17, 15) is 4.79 Å². The molecule has 2 aromatic heterocycles. The van der Waals surface area contributed by atoms with Gasteiger partial charge >= 0.3 is 0 Å². The number of fused-ring (bicyclic) bond motifs is 1. The quantitative estimate of drug-likeness (QED) is 0.760. The fourth-order valence-corrected chi connectivity index (χ4v) is 3.57. The van der Waals surface area contributed by atoms with E-state index in [4.69, 9.17) is 9.84 Å². The highest BCUT2D eigenvalue weighted by atomic mass is 16.5. The van der Waals surface area contributed by atoms with Gasteiger partial charge in [-0.15, -0.1) is 0 Å². The number of H-pyrrole nitrogens is 1. The second-order valence-corrected chi connectivity index (χ2v) is 8.10. The highest BCUT2D eigenvalue weighted by Gasteiger charge is 2.29. The number of hydrogen-bond acceptors (Lipinski definition) is 3. The summed E-state index contributed by atoms with van der Waals surface area (Å²) >= 11 is 0. The van der Waals surface area contributed by atoms with Crippen molar-refractivity contribution in [3.63, 3.8) is 0 Å². The summed E-state index contributed by atoms with van der Waals surface area (Å²) in [5.74, 6) is 1.23. The topological polar surface area (TPSA) is 59.9 Å². The molecule has 1 aliphatic rings. The van der Waals surface area contributed by atoms with Crippen molar-refractivity contribution in [2.24, 2.45) is 0 Å². The average molecular weight is 351 g/mol. The van der Waals surface area contributed by atoms with Crippen molar-refractivity contribution in [1.82, 2.24) is 14.8 Å². The fourth-order valence-electron chi connectivity index (χ4n) is 3.57. The van der Waals surface area contributed by atoms with Gasteiger partial charge in [-0.05, 0) is 57.4 Å². The SMILES string of the molecule is COc1cccc(-c2cc3c(C4CCC4)nn(C(C)(C)C)c3[nH]c2=O)c1. The largest absolute Gasteiger partial charge is 0.497 e. The number of rotatable bonds is 3. The molecule has 5 nitrogen and oxygen atoms in total. The van der Waals surface area contributed by atoms with Crippen molar-refractivity contribution in [2.75, 3.05) is 7.11 Å². The Balaban J connectivity index is 1.96. The number of aromatic amines is 1. The molecule has 4 rings (SSSR count). The number of aromatic nitrogens is 3. The average Bonchev–Trinajstić information content (AvgIpc) is 2.91. The smallest absolute Gasteiger partial charge is 0.257 e. The van der Waals surface area contributed by atoms with Crippen LogP contribution in [-0.2, 0) is 5.54 Å². The number of nitrogens with one attached hydrogen (secondary N) is 1. The first-order valence-electron chi connectivity index (χ1n) is 9.19. The minimum Gasteiger partial charge on any atom is -0.497 e. The highest BCUT2D eigenvalue weighted by molar-refractivity contribution is 5.84. The predicted molar refractivity (Wildman–Crippen MR) is 104 cm³/mol. The number of pyridine rings is 1. The third-order valence-electron chi connectivity index (χ3n) is 5.22. The monoisotopic (exact) mass is 351 g/mol. The van der Waals surface area contributed by atoms with E-state index in [1.165, 1.54) is 19.3 Å². The molecule has 1 saturated carbocycles. The maximum Gasteiger partial charge on any atom is 0.257 e. The summed E-state index contributed by atoms with van der Waals surface area (Å²) in [6.45, 7) is 6.33. The van der Waals surface area contributed by atoms with Gasteiger partial charge in [0.05, 0.1) is 18.3 Å². The summed E-state index contributed by atoms with van der Waals surface area (Å²) in [5.41, 5.74) is 3.15. The number of benzene rings is 1. The molecule has 0 spiro atoms. The lowest BCUT2D eigenvalue weighted by atomic mass is 9.82. The summed E-state index contributed by atoms with van der Waals surface area (Å²) in [4.78, 5) is 15.9. The van der Waals surface area contributed by atoms with Crippen LogP contribution >= 0.6 is 0 Å². The van der Waals surface area contributed by atoms with Crippen LogP contribution in [0.15, 0.2) is 35.1 Å². The lowest BCUT2D eigenvalue weighted by molar-refractivity contribution is 0.349. The number of nitrogens with zero attached hydrogens (tertiary/aromatic N) is 2. The van der Waals surface area contributed by atoms with Gasteiger partial charge in [-0.2, -0.15) is 5.10 Å². The van der Waals surface area contributed by atoms with Crippen molar-refractivity contribution in [3.8, 4) is 16.9 Å². The molecule has 1 N–H and O–H groups in total. The Hall–Kier alpha value is -2.56. The zero-order valence-electron chi connectivity index (χ0n) is 15.8. The Labute approximate surface area is 153 Å². The third-order valence-corrected chi connectivity index (χ3v) is 5.22. The van der Waals surface area contributed by atoms with E-state index < -0.39 is 0 Å². The molecule has 0 atom stereocenters. The Kier molecular flexibility index (Phi) is 3.90. The molecule has 2 heterocycles. The van der Waals surface area contributed by atoms with Gasteiger partial charge in [-0.1, -0.05) is 18.6 Å². The van der Waals surface area contributed by atoms with Gasteiger partial charge in [0.1, 0.15) is 11.4 Å². The molecular formula is C21H25N3O2. The number of methoxy groups -OCH3 is 1. The van der Waals surface area contributed by atoms with Crippen LogP contribution in [0.25, 0.3) is 22.2 Å². The molecule has 0 amide bonds. The molecule has 1 fully saturated rings. The maximum absolute atomic E-state index is 12.8. The Morgan fingerprint density at radius 3 is 2.62 bits per heavy atom. The standard InChI is InChI=1S/C21H25N3O2/c1-21(2,3)24-19-17(18(23-24)13-7-5-8-13)12-16(20(25)22-19)14-9-6-10-15(11-14)26-4/h6,9-13H,5,7-8H2,1-4H3,(H,22,25). The van der Waals surface area contributed by atoms with E-state index in [0.29, 0.717) is 11.5 Å². The molecule has 26 heavy (non-hydrogen) atoms. The van der Waals surface area contributed by atoms with Crippen LogP contribution in [0.4, 0.5) is 0 Å². The summed E-state index contributed by atoms with van der Waals surface area (Å²) in [7, 11) is 1.63. The third kappa shape index (κ3) is 2.71. The van der Waals surface area contributed by atoms with Gasteiger partial charge in [0.2, 0.25) is 0 Å². The first-order valence-corrected chi connectivity index (χ1v) is 9.19. The van der Waals surface area contributed by atoms with E-state index in [0.717, 1.165) is 28.0 Å². The molecule has 136 valence electrons. The van der Waals surface area contributed by atoms with Gasteiger partial charge in [-0.25, -0.2) is 4.68 Å². The maximum atomic E-state index is 12.8. The summed E-state index contributed by atoms with van der Waals surface area (Å²) in [6.07, 6.45) is 3.59. The highest BCUT2D eigenvalue weighted by Crippen LogP contribution is 2.40. The van der Waals surface area contributed by atoms with Gasteiger partial charge in [0.25, 0.3) is 5.56 Å². The molecular weight excluding hydrogens is 326 g/mol. The molecule has 1 aliphatic carbocycles. The van der Waals surface area contributed by atoms with Gasteiger partial charge in [0.15, 0.2) is 0 Å². The minimum absolute atomic E-state index is 0.101. The minimum atomic E-state index is -0.194. The summed E-state index contributed by atoms with van der Waals surface area (Å²) < 4.78 is 7.28. The van der Waals surface area contributed by atoms with Crippen molar-refractivity contribution >= 4 is 11.0 Å². The molecule has 5 heteroatoms. The van der Waals surface area contributed by atoms with Crippen LogP contribution in [0, 0.1) is 0 Å². The van der Waals surface area contributed by atoms with Crippen molar-refractivity contribution in [1.29, 1.82) is 0 Å². The second kappa shape index (κ2) is 6.01. The summed E-state index contributed by atoms with van der Waals surface area (Å²) in [5, 5.41) is 5.97. The second-order valence-electron chi connectivity index (χ2n) is 8.10. The van der Waals surface area contributed by atoms with Crippen LogP contribution in [0.2, 0.25) is 0 Å². The molecule has 0 unspecified atom stereocenters. The number of hydrogen-bond donors (Lipinski definition) is 1. The van der Waals surface area contributed by atoms with E-state index in [1.807, 2.05) is 35.0 Å². The molecule has 0 saturated heterocycles. The van der Waals surface area contributed by atoms with E-state index in [-0.39, 0.29) is 11.1 Å². The Morgan fingerprint density at radius 2 is 2.00 bits per heavy atom. The van der Waals surface area contributed by atoms with E-state index in [2.05, 4.69) is 25.8 Å². The van der Waals surface area contributed by atoms with E-state index >= 15 is 0 Å². The van der Waals surface area contributed by atoms with E-state index in [1.54, 1.807) is 7.11 Å². The Bertz CT molecular complexity index is 1020.